The Morgan fingerprint density at radius 2 is 1.47 bits per heavy atom. The van der Waals surface area contributed by atoms with Gasteiger partial charge < -0.3 is 29.2 Å². The van der Waals surface area contributed by atoms with E-state index in [0.29, 0.717) is 50.5 Å². The molecule has 4 aliphatic heterocycles. The van der Waals surface area contributed by atoms with Crippen LogP contribution < -0.4 is 14.5 Å². The molecule has 66 heavy (non-hydrogen) atoms. The van der Waals surface area contributed by atoms with Crippen LogP contribution in [0.15, 0.2) is 164 Å². The van der Waals surface area contributed by atoms with Gasteiger partial charge in [0.05, 0.1) is 30.8 Å². The lowest BCUT2D eigenvalue weighted by molar-refractivity contribution is -0.131. The number of aryl methyl sites for hydroxylation is 1. The number of rotatable bonds is 11. The molecule has 0 unspecified atom stereocenters. The van der Waals surface area contributed by atoms with Crippen molar-refractivity contribution in [3.8, 4) is 12.1 Å². The molecule has 4 aliphatic rings. The third kappa shape index (κ3) is 7.98. The van der Waals surface area contributed by atoms with Crippen LogP contribution in [-0.2, 0) is 23.3 Å². The Morgan fingerprint density at radius 1 is 0.773 bits per heavy atom. The Kier molecular flexibility index (Phi) is 12.1. The topological polar surface area (TPSA) is 92.1 Å². The number of aromatic nitrogens is 2. The summed E-state index contributed by atoms with van der Waals surface area (Å²) in [5, 5.41) is 12.9. The second kappa shape index (κ2) is 18.7. The van der Waals surface area contributed by atoms with E-state index in [0.717, 1.165) is 66.1 Å². The number of likely N-dealkylation sites (tertiary alicyclic amines) is 1. The molecule has 0 aliphatic carbocycles. The number of fused-ring (bicyclic) bond motifs is 2. The predicted octanol–water partition coefficient (Wildman–Crippen LogP) is 9.17. The number of likely N-dealkylation sites (N-methyl/N-ethyl adjacent to an activating group) is 1. The van der Waals surface area contributed by atoms with Gasteiger partial charge in [0.25, 0.3) is 5.91 Å². The minimum atomic E-state index is -0.914. The maximum atomic E-state index is 15.6. The van der Waals surface area contributed by atoms with E-state index in [1.54, 1.807) is 0 Å². The van der Waals surface area contributed by atoms with Crippen molar-refractivity contribution in [2.24, 2.45) is 0 Å². The second-order valence-corrected chi connectivity index (χ2v) is 17.9. The van der Waals surface area contributed by atoms with Crippen LogP contribution in [0.2, 0.25) is 0 Å². The fourth-order valence-electron chi connectivity index (χ4n) is 10.7. The first-order valence-electron chi connectivity index (χ1n) is 23.3. The predicted molar refractivity (Wildman–Crippen MR) is 262 cm³/mol. The molecule has 10 nitrogen and oxygen atoms in total. The van der Waals surface area contributed by atoms with Gasteiger partial charge in [0, 0.05) is 55.1 Å². The largest absolute Gasteiger partial charge is 0.462 e. The molecule has 10 heteroatoms. The van der Waals surface area contributed by atoms with Crippen LogP contribution in [0, 0.1) is 18.3 Å². The summed E-state index contributed by atoms with van der Waals surface area (Å²) >= 11 is 0. The molecule has 332 valence electrons. The van der Waals surface area contributed by atoms with Gasteiger partial charge in [-0.3, -0.25) is 4.79 Å². The zero-order chi connectivity index (χ0) is 45.0. The molecule has 2 atom stereocenters. The fraction of sp³-hybridized carbons (Fsp3) is 0.286. The number of anilines is 2. The van der Waals surface area contributed by atoms with Gasteiger partial charge in [0.1, 0.15) is 23.7 Å². The minimum Gasteiger partial charge on any atom is -0.462 e. The number of nitrogens with zero attached hydrogens (tertiary/aromatic N) is 8. The molecule has 5 heterocycles. The minimum absolute atomic E-state index is 0.131. The normalized spacial score (nSPS) is 18.8. The highest BCUT2D eigenvalue weighted by atomic mass is 16.5. The van der Waals surface area contributed by atoms with E-state index < -0.39 is 11.6 Å². The Hall–Kier alpha value is -7.22. The van der Waals surface area contributed by atoms with Crippen LogP contribution in [0.1, 0.15) is 52.8 Å². The van der Waals surface area contributed by atoms with Crippen LogP contribution in [-0.4, -0.2) is 89.0 Å². The number of amides is 1. The molecule has 0 saturated carbocycles. The van der Waals surface area contributed by atoms with E-state index in [1.165, 1.54) is 22.0 Å². The highest BCUT2D eigenvalue weighted by Gasteiger charge is 2.46. The average Bonchev–Trinajstić information content (AvgIpc) is 3.62. The van der Waals surface area contributed by atoms with Crippen molar-refractivity contribution in [3.63, 3.8) is 0 Å². The number of carbonyl (C=O) groups is 1. The van der Waals surface area contributed by atoms with Gasteiger partial charge in [-0.05, 0) is 85.6 Å². The van der Waals surface area contributed by atoms with Crippen molar-refractivity contribution >= 4 is 28.2 Å². The Bertz CT molecular complexity index is 2740. The number of ether oxygens (including phenoxy) is 1. The maximum Gasteiger partial charge on any atom is 0.318 e. The molecule has 0 spiro atoms. The maximum absolute atomic E-state index is 15.6. The first kappa shape index (κ1) is 42.7. The lowest BCUT2D eigenvalue weighted by Crippen LogP contribution is -2.58. The lowest BCUT2D eigenvalue weighted by Gasteiger charge is -2.48. The molecular formula is C56H56N8O2. The number of piperazine rings is 1. The van der Waals surface area contributed by atoms with Gasteiger partial charge in [-0.2, -0.15) is 15.2 Å². The fourth-order valence-corrected chi connectivity index (χ4v) is 10.7. The summed E-state index contributed by atoms with van der Waals surface area (Å²) in [6.45, 7) is 6.57. The van der Waals surface area contributed by atoms with Gasteiger partial charge in [-0.15, -0.1) is 0 Å². The molecule has 0 bridgehead atoms. The molecule has 2 fully saturated rings. The van der Waals surface area contributed by atoms with E-state index in [-0.39, 0.29) is 12.3 Å². The Labute approximate surface area is 388 Å². The van der Waals surface area contributed by atoms with Crippen LogP contribution in [0.25, 0.3) is 10.8 Å². The molecule has 5 aromatic carbocycles. The number of benzene rings is 5. The third-order valence-electron chi connectivity index (χ3n) is 14.0. The van der Waals surface area contributed by atoms with E-state index in [2.05, 4.69) is 149 Å². The molecule has 1 amide bonds. The van der Waals surface area contributed by atoms with Gasteiger partial charge in [0.15, 0.2) is 0 Å². The quantitative estimate of drug-likeness (QED) is 0.118. The highest BCUT2D eigenvalue weighted by Crippen LogP contribution is 2.46. The summed E-state index contributed by atoms with van der Waals surface area (Å²) in [4.78, 5) is 37.0. The molecule has 2 saturated heterocycles. The summed E-state index contributed by atoms with van der Waals surface area (Å²) in [5.41, 5.74) is 7.18. The van der Waals surface area contributed by atoms with Gasteiger partial charge in [-0.25, -0.2) is 0 Å². The summed E-state index contributed by atoms with van der Waals surface area (Å²) in [5.74, 6) is 0.713. The number of nitriles is 1. The third-order valence-corrected chi connectivity index (χ3v) is 14.0. The number of allylic oxidation sites excluding steroid dienone is 4. The lowest BCUT2D eigenvalue weighted by atomic mass is 9.75. The van der Waals surface area contributed by atoms with Crippen molar-refractivity contribution in [1.82, 2.24) is 24.7 Å². The Morgan fingerprint density at radius 3 is 2.14 bits per heavy atom. The first-order chi connectivity index (χ1) is 32.4. The van der Waals surface area contributed by atoms with E-state index in [1.807, 2.05) is 53.6 Å². The number of hydrogen-bond acceptors (Lipinski definition) is 9. The average molecular weight is 873 g/mol. The van der Waals surface area contributed by atoms with Crippen molar-refractivity contribution in [1.29, 1.82) is 5.26 Å². The smallest absolute Gasteiger partial charge is 0.318 e. The van der Waals surface area contributed by atoms with Crippen molar-refractivity contribution in [2.75, 3.05) is 56.2 Å². The zero-order valence-electron chi connectivity index (χ0n) is 37.8. The van der Waals surface area contributed by atoms with Gasteiger partial charge in [0.2, 0.25) is 0 Å². The monoisotopic (exact) mass is 872 g/mol. The van der Waals surface area contributed by atoms with Crippen LogP contribution >= 0.6 is 0 Å². The van der Waals surface area contributed by atoms with Crippen LogP contribution in [0.5, 0.6) is 6.01 Å². The van der Waals surface area contributed by atoms with Crippen LogP contribution in [0.3, 0.4) is 0 Å². The summed E-state index contributed by atoms with van der Waals surface area (Å²) in [7, 11) is 2.15. The van der Waals surface area contributed by atoms with E-state index >= 15 is 4.79 Å². The standard InChI is InChI=1S/C56H56N8O2/c1-41-18-15-19-42-20-16-29-50(52(41)42)61-35-31-48-49(39-61)58-55(66-40-47-27-17-33-60(47)2)59-53(48)62-36-37-63(46(38-62)30-32-57)54(65)51-28-13-6-14-34-64(51)56(43-21-7-3-8-22-43,44-23-9-4-10-24-44)45-25-11-5-12-26-45/h3-16,18-26,28-29,34,46-47H,17,27,30-31,33,35-40H2,1-2H3/t46-,47-/m0/s1. The van der Waals surface area contributed by atoms with Crippen molar-refractivity contribution < 1.29 is 9.53 Å². The number of hydrogen-bond donors (Lipinski definition) is 0. The number of carbonyl (C=O) groups excluding carboxylic acids is 1. The summed E-state index contributed by atoms with van der Waals surface area (Å²) < 4.78 is 6.51. The SMILES string of the molecule is Cc1cccc2cccc(N3CCc4c(nc(OC[C@@H]5CCCN5C)nc4N4CCN(C(=O)C5=CC=CC=CN5C(c5ccccc5)(c5ccccc5)c5ccccc5)[C@@H](CC#N)C4)C3)c12. The van der Waals surface area contributed by atoms with Crippen molar-refractivity contribution in [2.45, 2.75) is 56.8 Å². The van der Waals surface area contributed by atoms with Crippen LogP contribution in [0.4, 0.5) is 11.5 Å². The molecule has 1 aromatic heterocycles. The molecule has 6 aromatic rings. The second-order valence-electron chi connectivity index (χ2n) is 17.9. The van der Waals surface area contributed by atoms with E-state index in [4.69, 9.17) is 14.7 Å². The summed E-state index contributed by atoms with van der Waals surface area (Å²) in [6.07, 6.45) is 13.0. The molecular weight excluding hydrogens is 817 g/mol. The zero-order valence-corrected chi connectivity index (χ0v) is 37.8. The molecule has 0 N–H and O–H groups in total. The van der Waals surface area contributed by atoms with Gasteiger partial charge in [-0.1, -0.05) is 133 Å². The molecule has 0 radical (unpaired) electrons. The van der Waals surface area contributed by atoms with Gasteiger partial charge >= 0.3 is 6.01 Å². The molecule has 10 rings (SSSR count). The van der Waals surface area contributed by atoms with Crippen molar-refractivity contribution in [3.05, 3.63) is 197 Å². The highest BCUT2D eigenvalue weighted by molar-refractivity contribution is 5.97. The first-order valence-corrected chi connectivity index (χ1v) is 23.3. The summed E-state index contributed by atoms with van der Waals surface area (Å²) in [6, 6.07) is 47.0. The Balaban J connectivity index is 0.999. The van der Waals surface area contributed by atoms with E-state index in [9.17, 15) is 5.26 Å².